The third kappa shape index (κ3) is 2.99. The minimum absolute atomic E-state index is 0.228. The number of fused-ring (bicyclic) bond motifs is 1. The Morgan fingerprint density at radius 3 is 3.00 bits per heavy atom. The molecule has 0 radical (unpaired) electrons. The van der Waals surface area contributed by atoms with Crippen molar-refractivity contribution in [2.24, 2.45) is 0 Å². The van der Waals surface area contributed by atoms with E-state index in [9.17, 15) is 4.39 Å². The van der Waals surface area contributed by atoms with E-state index in [1.165, 1.54) is 36.5 Å². The summed E-state index contributed by atoms with van der Waals surface area (Å²) < 4.78 is 15.7. The summed E-state index contributed by atoms with van der Waals surface area (Å²) in [6, 6.07) is 5.41. The van der Waals surface area contributed by atoms with Crippen LogP contribution in [0.5, 0.6) is 0 Å². The lowest BCUT2D eigenvalue weighted by Crippen LogP contribution is -2.15. The summed E-state index contributed by atoms with van der Waals surface area (Å²) in [6.07, 6.45) is 9.16. The predicted octanol–water partition coefficient (Wildman–Crippen LogP) is 4.32. The SMILES string of the molecule is CNC1CCCCc2cn(Cc3cccc(F)c3Cl)cc21. The average Bonchev–Trinajstić information content (AvgIpc) is 2.77. The standard InChI is InChI=1S/C17H20ClFN2/c1-20-16-8-3-2-5-12-9-21(11-14(12)16)10-13-6-4-7-15(19)17(13)18/h4,6-7,9,11,16,20H,2-3,5,8,10H2,1H3. The molecule has 0 saturated carbocycles. The average molecular weight is 307 g/mol. The van der Waals surface area contributed by atoms with E-state index in [-0.39, 0.29) is 10.8 Å². The lowest BCUT2D eigenvalue weighted by atomic mass is 10.1. The van der Waals surface area contributed by atoms with E-state index in [1.54, 1.807) is 6.07 Å². The summed E-state index contributed by atoms with van der Waals surface area (Å²) in [4.78, 5) is 0. The number of halogens is 2. The van der Waals surface area contributed by atoms with Crippen molar-refractivity contribution in [3.05, 3.63) is 58.1 Å². The molecule has 0 bridgehead atoms. The second kappa shape index (κ2) is 6.20. The molecule has 1 atom stereocenters. The van der Waals surface area contributed by atoms with Crippen LogP contribution in [-0.4, -0.2) is 11.6 Å². The van der Waals surface area contributed by atoms with Gasteiger partial charge in [0, 0.05) is 25.0 Å². The van der Waals surface area contributed by atoms with E-state index in [4.69, 9.17) is 11.6 Å². The highest BCUT2D eigenvalue weighted by molar-refractivity contribution is 6.31. The maximum absolute atomic E-state index is 13.5. The van der Waals surface area contributed by atoms with Gasteiger partial charge in [0.25, 0.3) is 0 Å². The molecular weight excluding hydrogens is 287 g/mol. The van der Waals surface area contributed by atoms with Crippen molar-refractivity contribution in [3.8, 4) is 0 Å². The van der Waals surface area contributed by atoms with Crippen molar-refractivity contribution < 1.29 is 4.39 Å². The van der Waals surface area contributed by atoms with Crippen LogP contribution in [0.4, 0.5) is 4.39 Å². The topological polar surface area (TPSA) is 17.0 Å². The van der Waals surface area contributed by atoms with E-state index in [0.29, 0.717) is 12.6 Å². The Morgan fingerprint density at radius 1 is 1.33 bits per heavy atom. The first kappa shape index (κ1) is 14.6. The summed E-state index contributed by atoms with van der Waals surface area (Å²) in [5, 5.41) is 3.63. The molecule has 0 amide bonds. The van der Waals surface area contributed by atoms with Crippen molar-refractivity contribution in [1.29, 1.82) is 0 Å². The Labute approximate surface area is 129 Å². The fourth-order valence-electron chi connectivity index (χ4n) is 3.17. The zero-order valence-corrected chi connectivity index (χ0v) is 13.0. The zero-order valence-electron chi connectivity index (χ0n) is 12.2. The number of nitrogens with one attached hydrogen (secondary N) is 1. The molecule has 1 heterocycles. The summed E-state index contributed by atoms with van der Waals surface area (Å²) >= 11 is 6.05. The second-order valence-electron chi connectivity index (χ2n) is 5.71. The van der Waals surface area contributed by atoms with E-state index < -0.39 is 0 Å². The molecule has 1 aliphatic carbocycles. The molecule has 21 heavy (non-hydrogen) atoms. The maximum Gasteiger partial charge on any atom is 0.142 e. The second-order valence-corrected chi connectivity index (χ2v) is 6.09. The highest BCUT2D eigenvalue weighted by Crippen LogP contribution is 2.30. The largest absolute Gasteiger partial charge is 0.349 e. The third-order valence-electron chi connectivity index (χ3n) is 4.29. The fraction of sp³-hybridized carbons (Fsp3) is 0.412. The Morgan fingerprint density at radius 2 is 2.19 bits per heavy atom. The summed E-state index contributed by atoms with van der Waals surface area (Å²) in [5.41, 5.74) is 3.60. The number of hydrogen-bond donors (Lipinski definition) is 1. The molecule has 0 saturated heterocycles. The molecule has 0 aliphatic heterocycles. The molecule has 112 valence electrons. The van der Waals surface area contributed by atoms with Gasteiger partial charge in [0.2, 0.25) is 0 Å². The van der Waals surface area contributed by atoms with Crippen molar-refractivity contribution in [2.45, 2.75) is 38.3 Å². The highest BCUT2D eigenvalue weighted by atomic mass is 35.5. The highest BCUT2D eigenvalue weighted by Gasteiger charge is 2.19. The maximum atomic E-state index is 13.5. The van der Waals surface area contributed by atoms with E-state index in [1.807, 2.05) is 13.1 Å². The summed E-state index contributed by atoms with van der Waals surface area (Å²) in [5.74, 6) is -0.351. The first-order chi connectivity index (χ1) is 10.2. The molecule has 2 nitrogen and oxygen atoms in total. The van der Waals surface area contributed by atoms with Gasteiger partial charge in [-0.25, -0.2) is 4.39 Å². The van der Waals surface area contributed by atoms with Crippen LogP contribution >= 0.6 is 11.6 Å². The Hall–Kier alpha value is -1.32. The van der Waals surface area contributed by atoms with Crippen LogP contribution in [0.15, 0.2) is 30.6 Å². The van der Waals surface area contributed by atoms with Crippen LogP contribution < -0.4 is 5.32 Å². The third-order valence-corrected chi connectivity index (χ3v) is 4.72. The van der Waals surface area contributed by atoms with Gasteiger partial charge in [-0.3, -0.25) is 0 Å². The predicted molar refractivity (Wildman–Crippen MR) is 84.3 cm³/mol. The molecule has 0 spiro atoms. The van der Waals surface area contributed by atoms with Crippen molar-refractivity contribution in [2.75, 3.05) is 7.05 Å². The van der Waals surface area contributed by atoms with Gasteiger partial charge in [-0.2, -0.15) is 0 Å². The summed E-state index contributed by atoms with van der Waals surface area (Å²) in [7, 11) is 2.01. The van der Waals surface area contributed by atoms with Crippen LogP contribution in [0.25, 0.3) is 0 Å². The quantitative estimate of drug-likeness (QED) is 0.836. The van der Waals surface area contributed by atoms with Gasteiger partial charge in [-0.15, -0.1) is 0 Å². The Balaban J connectivity index is 1.89. The van der Waals surface area contributed by atoms with Crippen LogP contribution in [-0.2, 0) is 13.0 Å². The van der Waals surface area contributed by atoms with E-state index >= 15 is 0 Å². The molecule has 1 unspecified atom stereocenters. The van der Waals surface area contributed by atoms with Crippen LogP contribution in [0.3, 0.4) is 0 Å². The van der Waals surface area contributed by atoms with Crippen molar-refractivity contribution in [3.63, 3.8) is 0 Å². The molecule has 3 rings (SSSR count). The summed E-state index contributed by atoms with van der Waals surface area (Å²) in [6.45, 7) is 0.611. The van der Waals surface area contributed by atoms with Crippen LogP contribution in [0, 0.1) is 5.82 Å². The smallest absolute Gasteiger partial charge is 0.142 e. The van der Waals surface area contributed by atoms with Crippen LogP contribution in [0.1, 0.15) is 42.0 Å². The Kier molecular flexibility index (Phi) is 4.32. The molecule has 4 heteroatoms. The van der Waals surface area contributed by atoms with E-state index in [2.05, 4.69) is 22.3 Å². The number of rotatable bonds is 3. The molecule has 0 fully saturated rings. The molecule has 1 aliphatic rings. The zero-order chi connectivity index (χ0) is 14.8. The monoisotopic (exact) mass is 306 g/mol. The number of aryl methyl sites for hydroxylation is 1. The van der Waals surface area contributed by atoms with Gasteiger partial charge in [0.05, 0.1) is 5.02 Å². The van der Waals surface area contributed by atoms with Gasteiger partial charge in [-0.05, 0) is 49.1 Å². The minimum atomic E-state index is -0.351. The normalized spacial score (nSPS) is 18.3. The molecule has 1 aromatic carbocycles. The number of nitrogens with zero attached hydrogens (tertiary/aromatic N) is 1. The lowest BCUT2D eigenvalue weighted by molar-refractivity contribution is 0.531. The minimum Gasteiger partial charge on any atom is -0.349 e. The van der Waals surface area contributed by atoms with E-state index in [0.717, 1.165) is 12.0 Å². The molecule has 2 aromatic rings. The molecular formula is C17H20ClFN2. The van der Waals surface area contributed by atoms with Crippen molar-refractivity contribution in [1.82, 2.24) is 9.88 Å². The van der Waals surface area contributed by atoms with Gasteiger partial charge < -0.3 is 9.88 Å². The number of aromatic nitrogens is 1. The van der Waals surface area contributed by atoms with Crippen molar-refractivity contribution >= 4 is 11.6 Å². The molecule has 1 aromatic heterocycles. The fourth-order valence-corrected chi connectivity index (χ4v) is 3.36. The van der Waals surface area contributed by atoms with Gasteiger partial charge in [-0.1, -0.05) is 30.2 Å². The van der Waals surface area contributed by atoms with Gasteiger partial charge in [0.15, 0.2) is 0 Å². The lowest BCUT2D eigenvalue weighted by Gasteiger charge is -2.13. The van der Waals surface area contributed by atoms with Gasteiger partial charge >= 0.3 is 0 Å². The van der Waals surface area contributed by atoms with Crippen LogP contribution in [0.2, 0.25) is 5.02 Å². The Bertz CT molecular complexity index is 636. The van der Waals surface area contributed by atoms with Gasteiger partial charge in [0.1, 0.15) is 5.82 Å². The first-order valence-corrected chi connectivity index (χ1v) is 7.85. The number of hydrogen-bond acceptors (Lipinski definition) is 1. The number of benzene rings is 1. The molecule has 1 N–H and O–H groups in total. The first-order valence-electron chi connectivity index (χ1n) is 7.47.